The SMILES string of the molecule is CN(C)CCn1ncc(Br)c1C(=O)C1(O)CCCCCC1. The number of hydrogen-bond donors (Lipinski definition) is 1. The third kappa shape index (κ3) is 3.93. The molecule has 0 aromatic carbocycles. The van der Waals surface area contributed by atoms with Gasteiger partial charge in [-0.05, 0) is 42.9 Å². The molecule has 1 aliphatic rings. The number of carbonyl (C=O) groups is 1. The smallest absolute Gasteiger partial charge is 0.213 e. The molecule has 118 valence electrons. The van der Waals surface area contributed by atoms with Gasteiger partial charge in [0, 0.05) is 6.54 Å². The van der Waals surface area contributed by atoms with Crippen LogP contribution in [0.3, 0.4) is 0 Å². The Morgan fingerprint density at radius 2 is 2.00 bits per heavy atom. The van der Waals surface area contributed by atoms with Crippen molar-refractivity contribution in [2.45, 2.75) is 50.7 Å². The molecule has 6 heteroatoms. The van der Waals surface area contributed by atoms with Crippen molar-refractivity contribution in [1.82, 2.24) is 14.7 Å². The first kappa shape index (κ1) is 16.6. The molecule has 0 aliphatic heterocycles. The highest BCUT2D eigenvalue weighted by molar-refractivity contribution is 9.10. The highest BCUT2D eigenvalue weighted by Gasteiger charge is 2.39. The zero-order valence-electron chi connectivity index (χ0n) is 12.8. The van der Waals surface area contributed by atoms with Gasteiger partial charge in [0.15, 0.2) is 0 Å². The molecule has 1 fully saturated rings. The van der Waals surface area contributed by atoms with E-state index < -0.39 is 5.60 Å². The third-order valence-corrected chi connectivity index (χ3v) is 4.70. The maximum absolute atomic E-state index is 12.9. The van der Waals surface area contributed by atoms with Crippen LogP contribution in [0, 0.1) is 0 Å². The van der Waals surface area contributed by atoms with Crippen molar-refractivity contribution in [2.24, 2.45) is 0 Å². The Bertz CT molecular complexity index is 491. The van der Waals surface area contributed by atoms with Crippen LogP contribution < -0.4 is 0 Å². The topological polar surface area (TPSA) is 58.4 Å². The quantitative estimate of drug-likeness (QED) is 0.649. The molecule has 1 aromatic heterocycles. The molecule has 1 heterocycles. The number of hydrogen-bond acceptors (Lipinski definition) is 4. The van der Waals surface area contributed by atoms with Crippen molar-refractivity contribution in [3.63, 3.8) is 0 Å². The lowest BCUT2D eigenvalue weighted by Gasteiger charge is -2.25. The van der Waals surface area contributed by atoms with Crippen LogP contribution in [0.25, 0.3) is 0 Å². The van der Waals surface area contributed by atoms with Gasteiger partial charge in [-0.15, -0.1) is 0 Å². The zero-order valence-corrected chi connectivity index (χ0v) is 14.4. The van der Waals surface area contributed by atoms with Crippen LogP contribution in [0.5, 0.6) is 0 Å². The maximum Gasteiger partial charge on any atom is 0.213 e. The lowest BCUT2D eigenvalue weighted by Crippen LogP contribution is -2.39. The Morgan fingerprint density at radius 3 is 2.57 bits per heavy atom. The highest BCUT2D eigenvalue weighted by Crippen LogP contribution is 2.32. The minimum atomic E-state index is -1.23. The van der Waals surface area contributed by atoms with Crippen LogP contribution in [0.15, 0.2) is 10.7 Å². The van der Waals surface area contributed by atoms with Gasteiger partial charge in [-0.25, -0.2) is 0 Å². The van der Waals surface area contributed by atoms with Crippen molar-refractivity contribution in [3.8, 4) is 0 Å². The summed E-state index contributed by atoms with van der Waals surface area (Å²) in [6.45, 7) is 1.43. The molecule has 0 atom stereocenters. The first-order chi connectivity index (χ1) is 9.94. The van der Waals surface area contributed by atoms with Crippen LogP contribution in [0.1, 0.15) is 49.0 Å². The largest absolute Gasteiger partial charge is 0.382 e. The van der Waals surface area contributed by atoms with Gasteiger partial charge in [0.05, 0.1) is 17.2 Å². The highest BCUT2D eigenvalue weighted by atomic mass is 79.9. The summed E-state index contributed by atoms with van der Waals surface area (Å²) in [4.78, 5) is 14.9. The Balaban J connectivity index is 2.23. The molecule has 0 bridgehead atoms. The summed E-state index contributed by atoms with van der Waals surface area (Å²) in [5, 5.41) is 15.1. The summed E-state index contributed by atoms with van der Waals surface area (Å²) >= 11 is 3.41. The van der Waals surface area contributed by atoms with E-state index in [0.717, 1.165) is 32.2 Å². The average molecular weight is 358 g/mol. The van der Waals surface area contributed by atoms with Crippen LogP contribution in [0.2, 0.25) is 0 Å². The molecular weight excluding hydrogens is 334 g/mol. The predicted molar refractivity (Wildman–Crippen MR) is 85.5 cm³/mol. The number of nitrogens with zero attached hydrogens (tertiary/aromatic N) is 3. The van der Waals surface area contributed by atoms with Crippen molar-refractivity contribution < 1.29 is 9.90 Å². The van der Waals surface area contributed by atoms with Gasteiger partial charge in [0.1, 0.15) is 11.3 Å². The Hall–Kier alpha value is -0.720. The van der Waals surface area contributed by atoms with Crippen LogP contribution in [0.4, 0.5) is 0 Å². The number of aliphatic hydroxyl groups is 1. The van der Waals surface area contributed by atoms with E-state index in [4.69, 9.17) is 0 Å². The molecule has 2 rings (SSSR count). The minimum absolute atomic E-state index is 0.187. The lowest BCUT2D eigenvalue weighted by atomic mass is 9.88. The van der Waals surface area contributed by atoms with Crippen molar-refractivity contribution in [1.29, 1.82) is 0 Å². The summed E-state index contributed by atoms with van der Waals surface area (Å²) in [5.41, 5.74) is -0.726. The van der Waals surface area contributed by atoms with Crippen molar-refractivity contribution >= 4 is 21.7 Å². The number of rotatable bonds is 5. The molecule has 1 aromatic rings. The fourth-order valence-corrected chi connectivity index (χ4v) is 3.29. The van der Waals surface area contributed by atoms with Crippen LogP contribution >= 0.6 is 15.9 Å². The number of carbonyl (C=O) groups excluding carboxylic acids is 1. The van der Waals surface area contributed by atoms with Crippen molar-refractivity contribution in [3.05, 3.63) is 16.4 Å². The van der Waals surface area contributed by atoms with E-state index in [1.807, 2.05) is 19.0 Å². The first-order valence-electron chi connectivity index (χ1n) is 7.57. The van der Waals surface area contributed by atoms with Gasteiger partial charge < -0.3 is 10.0 Å². The summed E-state index contributed by atoms with van der Waals surface area (Å²) in [5.74, 6) is -0.187. The number of ketones is 1. The summed E-state index contributed by atoms with van der Waals surface area (Å²) in [6.07, 6.45) is 6.75. The standard InChI is InChI=1S/C15H24BrN3O2/c1-18(2)9-10-19-13(12(16)11-17-19)14(20)15(21)7-5-3-4-6-8-15/h11,21H,3-10H2,1-2H3. The van der Waals surface area contributed by atoms with Gasteiger partial charge >= 0.3 is 0 Å². The summed E-state index contributed by atoms with van der Waals surface area (Å²) in [6, 6.07) is 0. The second kappa shape index (κ2) is 7.03. The summed E-state index contributed by atoms with van der Waals surface area (Å²) in [7, 11) is 3.97. The normalized spacial score (nSPS) is 18.7. The molecule has 0 spiro atoms. The summed E-state index contributed by atoms with van der Waals surface area (Å²) < 4.78 is 2.37. The molecule has 1 N–H and O–H groups in total. The van der Waals surface area contributed by atoms with E-state index in [9.17, 15) is 9.90 Å². The number of likely N-dealkylation sites (N-methyl/N-ethyl adjacent to an activating group) is 1. The molecular formula is C15H24BrN3O2. The van der Waals surface area contributed by atoms with Gasteiger partial charge in [0.25, 0.3) is 0 Å². The fraction of sp³-hybridized carbons (Fsp3) is 0.733. The molecule has 21 heavy (non-hydrogen) atoms. The average Bonchev–Trinajstić information content (AvgIpc) is 2.64. The van der Waals surface area contributed by atoms with Gasteiger partial charge in [-0.3, -0.25) is 9.48 Å². The van der Waals surface area contributed by atoms with E-state index in [1.165, 1.54) is 0 Å². The molecule has 1 saturated carbocycles. The van der Waals surface area contributed by atoms with Gasteiger partial charge in [-0.2, -0.15) is 5.10 Å². The van der Waals surface area contributed by atoms with Gasteiger partial charge in [0.2, 0.25) is 5.78 Å². The van der Waals surface area contributed by atoms with E-state index in [-0.39, 0.29) is 5.78 Å². The second-order valence-electron chi connectivity index (χ2n) is 6.14. The third-order valence-electron chi connectivity index (χ3n) is 4.12. The number of halogens is 1. The predicted octanol–water partition coefficient (Wildman–Crippen LogP) is 2.48. The van der Waals surface area contributed by atoms with E-state index in [2.05, 4.69) is 21.0 Å². The molecule has 0 saturated heterocycles. The van der Waals surface area contributed by atoms with E-state index in [1.54, 1.807) is 10.9 Å². The van der Waals surface area contributed by atoms with Gasteiger partial charge in [-0.1, -0.05) is 25.7 Å². The number of Topliss-reactive ketones (excluding diaryl/α,β-unsaturated/α-hetero) is 1. The second-order valence-corrected chi connectivity index (χ2v) is 7.00. The van der Waals surface area contributed by atoms with Crippen LogP contribution in [-0.4, -0.2) is 51.8 Å². The molecule has 0 unspecified atom stereocenters. The fourth-order valence-electron chi connectivity index (χ4n) is 2.81. The number of aromatic nitrogens is 2. The zero-order chi connectivity index (χ0) is 15.5. The first-order valence-corrected chi connectivity index (χ1v) is 8.36. The molecule has 5 nitrogen and oxygen atoms in total. The van der Waals surface area contributed by atoms with E-state index >= 15 is 0 Å². The van der Waals surface area contributed by atoms with Crippen molar-refractivity contribution in [2.75, 3.05) is 20.6 Å². The molecule has 1 aliphatic carbocycles. The molecule has 0 radical (unpaired) electrons. The molecule has 0 amide bonds. The van der Waals surface area contributed by atoms with Crippen LogP contribution in [-0.2, 0) is 6.54 Å². The maximum atomic E-state index is 12.9. The Morgan fingerprint density at radius 1 is 1.38 bits per heavy atom. The lowest BCUT2D eigenvalue weighted by molar-refractivity contribution is 0.0226. The monoisotopic (exact) mass is 357 g/mol. The Labute approximate surface area is 134 Å². The minimum Gasteiger partial charge on any atom is -0.382 e. The Kier molecular flexibility index (Phi) is 5.57. The van der Waals surface area contributed by atoms with E-state index in [0.29, 0.717) is 29.6 Å².